The van der Waals surface area contributed by atoms with Crippen molar-refractivity contribution in [3.05, 3.63) is 52.8 Å². The summed E-state index contributed by atoms with van der Waals surface area (Å²) in [5.74, 6) is 0.587. The van der Waals surface area contributed by atoms with Gasteiger partial charge in [-0.05, 0) is 57.2 Å². The fourth-order valence-corrected chi connectivity index (χ4v) is 4.13. The maximum Gasteiger partial charge on any atom is 0.253 e. The number of hydrogen-bond donors (Lipinski definition) is 1. The van der Waals surface area contributed by atoms with E-state index < -0.39 is 0 Å². The van der Waals surface area contributed by atoms with Crippen molar-refractivity contribution < 1.29 is 9.59 Å². The number of piperidine rings is 1. The molecule has 2 heterocycles. The maximum atomic E-state index is 12.7. The van der Waals surface area contributed by atoms with Gasteiger partial charge in [-0.1, -0.05) is 25.1 Å². The van der Waals surface area contributed by atoms with E-state index >= 15 is 0 Å². The van der Waals surface area contributed by atoms with E-state index in [1.54, 1.807) is 0 Å². The molecule has 1 aromatic carbocycles. The fraction of sp³-hybridized carbons (Fsp3) is 0.478. The number of aromatic nitrogens is 1. The van der Waals surface area contributed by atoms with Gasteiger partial charge in [-0.15, -0.1) is 0 Å². The zero-order chi connectivity index (χ0) is 20.3. The Morgan fingerprint density at radius 2 is 1.93 bits per heavy atom. The molecule has 1 aliphatic heterocycles. The van der Waals surface area contributed by atoms with Crippen LogP contribution in [0.4, 0.5) is 0 Å². The van der Waals surface area contributed by atoms with E-state index in [9.17, 15) is 9.59 Å². The first kappa shape index (κ1) is 20.2. The van der Waals surface area contributed by atoms with Crippen molar-refractivity contribution in [2.24, 2.45) is 5.92 Å². The minimum atomic E-state index is -0.118. The number of nitrogens with one attached hydrogen (secondary N) is 1. The van der Waals surface area contributed by atoms with Crippen LogP contribution in [0.15, 0.2) is 30.3 Å². The molecule has 2 aromatic rings. The smallest absolute Gasteiger partial charge is 0.253 e. The Balaban J connectivity index is 1.63. The van der Waals surface area contributed by atoms with Gasteiger partial charge in [0, 0.05) is 43.1 Å². The number of para-hydroxylation sites is 1. The number of likely N-dealkylation sites (tertiary alicyclic amines) is 1. The summed E-state index contributed by atoms with van der Waals surface area (Å²) in [6.07, 6.45) is 2.62. The average Bonchev–Trinajstić information content (AvgIpc) is 2.96. The van der Waals surface area contributed by atoms with Crippen LogP contribution >= 0.6 is 0 Å². The van der Waals surface area contributed by atoms with Gasteiger partial charge in [0.15, 0.2) is 0 Å². The Kier molecular flexibility index (Phi) is 6.22. The van der Waals surface area contributed by atoms with Crippen LogP contribution in [0.25, 0.3) is 5.69 Å². The lowest BCUT2D eigenvalue weighted by Crippen LogP contribution is -2.40. The van der Waals surface area contributed by atoms with Gasteiger partial charge in [0.25, 0.3) is 5.91 Å². The van der Waals surface area contributed by atoms with Gasteiger partial charge in [-0.2, -0.15) is 0 Å². The Labute approximate surface area is 167 Å². The first-order chi connectivity index (χ1) is 13.4. The molecule has 5 nitrogen and oxygen atoms in total. The molecule has 1 aromatic heterocycles. The Morgan fingerprint density at radius 3 is 2.64 bits per heavy atom. The van der Waals surface area contributed by atoms with Crippen LogP contribution in [0, 0.1) is 26.7 Å². The maximum absolute atomic E-state index is 12.7. The van der Waals surface area contributed by atoms with Crippen molar-refractivity contribution in [3.63, 3.8) is 0 Å². The molecule has 0 spiro atoms. The summed E-state index contributed by atoms with van der Waals surface area (Å²) >= 11 is 0. The number of amides is 2. The van der Waals surface area contributed by atoms with Crippen LogP contribution in [-0.4, -0.2) is 40.9 Å². The van der Waals surface area contributed by atoms with E-state index in [4.69, 9.17) is 0 Å². The Bertz CT molecular complexity index is 869. The van der Waals surface area contributed by atoms with Gasteiger partial charge in [0.1, 0.15) is 0 Å². The van der Waals surface area contributed by atoms with E-state index in [-0.39, 0.29) is 11.8 Å². The van der Waals surface area contributed by atoms with E-state index in [0.717, 1.165) is 42.1 Å². The largest absolute Gasteiger partial charge is 0.351 e. The number of carbonyl (C=O) groups excluding carboxylic acids is 2. The van der Waals surface area contributed by atoms with Crippen LogP contribution in [-0.2, 0) is 4.79 Å². The van der Waals surface area contributed by atoms with Crippen molar-refractivity contribution in [1.29, 1.82) is 0 Å². The van der Waals surface area contributed by atoms with E-state index in [1.165, 1.54) is 6.42 Å². The minimum Gasteiger partial charge on any atom is -0.351 e. The van der Waals surface area contributed by atoms with E-state index in [2.05, 4.69) is 35.9 Å². The third kappa shape index (κ3) is 4.29. The molecule has 0 bridgehead atoms. The number of hydrogen-bond acceptors (Lipinski definition) is 2. The molecule has 1 aliphatic rings. The zero-order valence-corrected chi connectivity index (χ0v) is 17.4. The molecule has 1 fully saturated rings. The van der Waals surface area contributed by atoms with Crippen molar-refractivity contribution in [2.75, 3.05) is 19.6 Å². The lowest BCUT2D eigenvalue weighted by molar-refractivity contribution is -0.132. The Hall–Kier alpha value is -2.56. The van der Waals surface area contributed by atoms with Crippen LogP contribution in [0.1, 0.15) is 53.5 Å². The predicted octanol–water partition coefficient (Wildman–Crippen LogP) is 3.78. The lowest BCUT2D eigenvalue weighted by Gasteiger charge is -2.31. The highest BCUT2D eigenvalue weighted by Gasteiger charge is 2.21. The molecule has 5 heteroatoms. The number of carbonyl (C=O) groups is 2. The van der Waals surface area contributed by atoms with Gasteiger partial charge in [-0.25, -0.2) is 0 Å². The molecule has 0 aliphatic carbocycles. The first-order valence-corrected chi connectivity index (χ1v) is 10.2. The number of benzene rings is 1. The molecule has 150 valence electrons. The minimum absolute atomic E-state index is 0.118. The third-order valence-corrected chi connectivity index (χ3v) is 5.67. The molecule has 0 saturated carbocycles. The molecular formula is C23H31N3O2. The second-order valence-corrected chi connectivity index (χ2v) is 8.00. The summed E-state index contributed by atoms with van der Waals surface area (Å²) in [4.78, 5) is 27.0. The van der Waals surface area contributed by atoms with E-state index in [1.807, 2.05) is 36.9 Å². The van der Waals surface area contributed by atoms with Crippen molar-refractivity contribution in [1.82, 2.24) is 14.8 Å². The van der Waals surface area contributed by atoms with Crippen LogP contribution in [0.5, 0.6) is 0 Å². The van der Waals surface area contributed by atoms with Crippen LogP contribution in [0.3, 0.4) is 0 Å². The fourth-order valence-electron chi connectivity index (χ4n) is 4.13. The second kappa shape index (κ2) is 8.63. The lowest BCUT2D eigenvalue weighted by atomic mass is 10.00. The van der Waals surface area contributed by atoms with Gasteiger partial charge in [0.2, 0.25) is 5.91 Å². The molecule has 3 rings (SSSR count). The number of rotatable bonds is 5. The highest BCUT2D eigenvalue weighted by atomic mass is 16.2. The summed E-state index contributed by atoms with van der Waals surface area (Å²) in [5.41, 5.74) is 4.86. The average molecular weight is 382 g/mol. The van der Waals surface area contributed by atoms with Crippen LogP contribution < -0.4 is 5.32 Å². The molecule has 1 saturated heterocycles. The van der Waals surface area contributed by atoms with Gasteiger partial charge in [0.05, 0.1) is 5.56 Å². The highest BCUT2D eigenvalue weighted by Crippen LogP contribution is 2.23. The molecule has 1 unspecified atom stereocenters. The second-order valence-electron chi connectivity index (χ2n) is 8.00. The monoisotopic (exact) mass is 381 g/mol. The molecule has 1 N–H and O–H groups in total. The number of aryl methyl sites for hydroxylation is 2. The molecule has 28 heavy (non-hydrogen) atoms. The summed E-state index contributed by atoms with van der Waals surface area (Å²) in [5, 5.41) is 2.93. The SMILES string of the molecule is Cc1ccccc1-n1c(C)cc(C(=O)NCCC(=O)N2CCCC(C)C2)c1C. The Morgan fingerprint density at radius 1 is 1.18 bits per heavy atom. The number of nitrogens with zero attached hydrogens (tertiary/aromatic N) is 2. The first-order valence-electron chi connectivity index (χ1n) is 10.2. The summed E-state index contributed by atoms with van der Waals surface area (Å²) in [6.45, 7) is 10.3. The van der Waals surface area contributed by atoms with Crippen LogP contribution in [0.2, 0.25) is 0 Å². The summed E-state index contributed by atoms with van der Waals surface area (Å²) < 4.78 is 2.12. The quantitative estimate of drug-likeness (QED) is 0.857. The molecule has 0 radical (unpaired) electrons. The normalized spacial score (nSPS) is 16.9. The third-order valence-electron chi connectivity index (χ3n) is 5.67. The van der Waals surface area contributed by atoms with Gasteiger partial charge in [-0.3, -0.25) is 9.59 Å². The van der Waals surface area contributed by atoms with Gasteiger partial charge >= 0.3 is 0 Å². The molecular weight excluding hydrogens is 350 g/mol. The molecule has 1 atom stereocenters. The topological polar surface area (TPSA) is 54.3 Å². The van der Waals surface area contributed by atoms with Gasteiger partial charge < -0.3 is 14.8 Å². The highest BCUT2D eigenvalue weighted by molar-refractivity contribution is 5.96. The summed E-state index contributed by atoms with van der Waals surface area (Å²) in [7, 11) is 0. The predicted molar refractivity (Wildman–Crippen MR) is 112 cm³/mol. The molecule has 2 amide bonds. The van der Waals surface area contributed by atoms with E-state index in [0.29, 0.717) is 24.4 Å². The van der Waals surface area contributed by atoms with Crippen molar-refractivity contribution in [3.8, 4) is 5.69 Å². The van der Waals surface area contributed by atoms with Crippen molar-refractivity contribution >= 4 is 11.8 Å². The zero-order valence-electron chi connectivity index (χ0n) is 17.4. The summed E-state index contributed by atoms with van der Waals surface area (Å²) in [6, 6.07) is 10.1. The van der Waals surface area contributed by atoms with Crippen molar-refractivity contribution in [2.45, 2.75) is 47.0 Å². The standard InChI is InChI=1S/C23H31N3O2/c1-16-8-7-13-25(15-16)22(27)11-12-24-23(28)20-14-18(3)26(19(20)4)21-10-6-5-9-17(21)2/h5-6,9-10,14,16H,7-8,11-13,15H2,1-4H3,(H,24,28).